The zero-order valence-electron chi connectivity index (χ0n) is 76.6. The summed E-state index contributed by atoms with van der Waals surface area (Å²) in [6.07, 6.45) is 59.9. The molecule has 11 N–H and O–H groups in total. The second-order valence-electron chi connectivity index (χ2n) is 43.3. The van der Waals surface area contributed by atoms with Crippen LogP contribution in [0.1, 0.15) is 347 Å². The standard InChI is InChI=1S/C29H46O3.C28H44O3.C27H42O3.C23H36O2/c1-20(8-6-17-29(32)15-4-5-16-29)24-12-13-25-23(9-7-14-28(24,25)3)11-10-22-18-26(30)21(2)27(31)19-22;1-18(9-10-19(2)27(4,5)31)23-13-14-24-22(8-7-15-28(23,24)6)12-11-21-16-25(29)20(3)26(30)17-21;1-18(8-6-14-26(3,4)30)22-12-13-23-21(9-7-15-27(22,23)5)11-10-20-16-24(28)19(2)25(29)17-20;1-5-15(2)19-10-11-20-18(7-6-12-23(19,20)4)9-8-17-13-21(24)16(3)22(25)14-17/h10-11,20,24-27,30-32H,2,4-9,12-19H2,1,3H3;9-12,18-19,23-26,29-31H,3,7-8,13-17H2,1-2,4-6H3;10-11,23-25,28-30H,2,6-9,12-17H2,1,3-5H3;8-9,15,19-22,24-25H,3,5-7,10-14H2,1-2,4H3/b23-11+;10-9+,22-12+;21-11+,22-18+;18-9+/t20-,24?,25?,26+,27+,28+;18-,19+,23?,24-,25+,26+,28+;23-,24+,25+,27+;15-,19?,20-,21+,22+,23+/m0000/s1. The van der Waals surface area contributed by atoms with Gasteiger partial charge in [-0.25, -0.2) is 0 Å². The van der Waals surface area contributed by atoms with Gasteiger partial charge in [-0.2, -0.15) is 0 Å². The summed E-state index contributed by atoms with van der Waals surface area (Å²) in [4.78, 5) is 0. The van der Waals surface area contributed by atoms with Crippen molar-refractivity contribution >= 4 is 0 Å². The van der Waals surface area contributed by atoms with Gasteiger partial charge in [0.1, 0.15) is 0 Å². The van der Waals surface area contributed by atoms with Crippen LogP contribution in [-0.2, 0) is 0 Å². The normalized spacial score (nSPS) is 38.5. The minimum absolute atomic E-state index is 0.144. The van der Waals surface area contributed by atoms with Crippen LogP contribution in [0, 0.1) is 86.8 Å². The molecule has 23 atom stereocenters. The van der Waals surface area contributed by atoms with Gasteiger partial charge in [0.25, 0.3) is 0 Å². The van der Waals surface area contributed by atoms with E-state index in [1.165, 1.54) is 148 Å². The molecule has 0 aromatic heterocycles. The van der Waals surface area contributed by atoms with E-state index in [1.54, 1.807) is 33.4 Å². The predicted octanol–water partition coefficient (Wildman–Crippen LogP) is 22.9. The molecule has 11 heteroatoms. The zero-order valence-corrected chi connectivity index (χ0v) is 76.6. The van der Waals surface area contributed by atoms with Crippen molar-refractivity contribution in [2.24, 2.45) is 86.8 Å². The number of rotatable bonds is 19. The number of aliphatic hydroxyl groups is 11. The Bertz CT molecular complexity index is 3720. The van der Waals surface area contributed by atoms with Crippen molar-refractivity contribution in [3.8, 4) is 0 Å². The van der Waals surface area contributed by atoms with E-state index in [1.807, 2.05) is 27.7 Å². The van der Waals surface area contributed by atoms with Gasteiger partial charge < -0.3 is 56.2 Å². The van der Waals surface area contributed by atoms with E-state index in [0.717, 1.165) is 103 Å². The Balaban J connectivity index is 0.000000166. The summed E-state index contributed by atoms with van der Waals surface area (Å²) >= 11 is 0. The van der Waals surface area contributed by atoms with Crippen molar-refractivity contribution in [1.82, 2.24) is 0 Å². The van der Waals surface area contributed by atoms with E-state index in [9.17, 15) is 56.2 Å². The van der Waals surface area contributed by atoms with Gasteiger partial charge in [-0.15, -0.1) is 0 Å². The number of hydrogen-bond donors (Lipinski definition) is 11. The van der Waals surface area contributed by atoms with Gasteiger partial charge in [0.15, 0.2) is 0 Å². The summed E-state index contributed by atoms with van der Waals surface area (Å²) < 4.78 is 0. The zero-order chi connectivity index (χ0) is 86.2. The molecule has 0 spiro atoms. The molecule has 13 rings (SSSR count). The average Bonchev–Trinajstić information content (AvgIpc) is 1.61. The molecule has 11 nitrogen and oxygen atoms in total. The van der Waals surface area contributed by atoms with Crippen LogP contribution < -0.4 is 0 Å². The molecule has 118 heavy (non-hydrogen) atoms. The Hall–Kier alpha value is -4.08. The fraction of sp³-hybridized carbons (Fsp3) is 0.738. The molecular weight excluding hydrogens is 1460 g/mol. The van der Waals surface area contributed by atoms with Gasteiger partial charge in [-0.05, 0) is 356 Å². The van der Waals surface area contributed by atoms with Crippen LogP contribution in [0.15, 0.2) is 165 Å². The summed E-state index contributed by atoms with van der Waals surface area (Å²) in [6.45, 7) is 46.9. The number of allylic oxidation sites excluding steroid dienone is 15. The Labute approximate surface area is 716 Å². The lowest BCUT2D eigenvalue weighted by molar-refractivity contribution is 0.0318. The van der Waals surface area contributed by atoms with E-state index in [2.05, 4.69) is 156 Å². The van der Waals surface area contributed by atoms with E-state index >= 15 is 0 Å². The fourth-order valence-corrected chi connectivity index (χ4v) is 26.2. The van der Waals surface area contributed by atoms with Crippen LogP contribution in [0.2, 0.25) is 0 Å². The third-order valence-electron chi connectivity index (χ3n) is 34.2. The van der Waals surface area contributed by atoms with Crippen LogP contribution in [0.25, 0.3) is 0 Å². The molecule has 13 fully saturated rings. The minimum Gasteiger partial charge on any atom is -0.390 e. The first-order valence-electron chi connectivity index (χ1n) is 47.8. The molecule has 0 saturated heterocycles. The molecular formula is C107H168O11. The minimum atomic E-state index is -0.681. The highest BCUT2D eigenvalue weighted by molar-refractivity contribution is 5.38. The van der Waals surface area contributed by atoms with Crippen LogP contribution in [0.4, 0.5) is 0 Å². The lowest BCUT2D eigenvalue weighted by atomic mass is 9.60. The van der Waals surface area contributed by atoms with Crippen molar-refractivity contribution in [3.63, 3.8) is 0 Å². The maximum absolute atomic E-state index is 10.7. The van der Waals surface area contributed by atoms with Crippen LogP contribution in [0.5, 0.6) is 0 Å². The summed E-state index contributed by atoms with van der Waals surface area (Å²) in [5, 5.41) is 112. The second kappa shape index (κ2) is 40.9. The third-order valence-corrected chi connectivity index (χ3v) is 34.2. The molecule has 0 aromatic rings. The van der Waals surface area contributed by atoms with E-state index in [4.69, 9.17) is 0 Å². The van der Waals surface area contributed by atoms with Crippen molar-refractivity contribution in [2.75, 3.05) is 0 Å². The molecule has 0 amide bonds. The molecule has 0 heterocycles. The molecule has 0 aromatic carbocycles. The Morgan fingerprint density at radius 1 is 0.424 bits per heavy atom. The third kappa shape index (κ3) is 23.1. The molecule has 0 aliphatic heterocycles. The Kier molecular flexibility index (Phi) is 33.3. The van der Waals surface area contributed by atoms with E-state index in [0.29, 0.717) is 119 Å². The lowest BCUT2D eigenvalue weighted by Crippen LogP contribution is -2.36. The molecule has 0 radical (unpaired) electrons. The van der Waals surface area contributed by atoms with Crippen molar-refractivity contribution < 1.29 is 56.2 Å². The predicted molar refractivity (Wildman–Crippen MR) is 488 cm³/mol. The van der Waals surface area contributed by atoms with Crippen LogP contribution >= 0.6 is 0 Å². The molecule has 4 unspecified atom stereocenters. The van der Waals surface area contributed by atoms with Crippen molar-refractivity contribution in [3.05, 3.63) is 165 Å². The van der Waals surface area contributed by atoms with Gasteiger partial charge in [0, 0.05) is 5.92 Å². The maximum Gasteiger partial charge on any atom is 0.0809 e. The SMILES string of the molecule is C=C1[C@H](O)CC(=C/C=C2\CCC[C@@]3(C)C2CCC3[C@@H](C)CCCC2(O)CCCC2)C[C@H]1O.C=C1[C@H](O)CC(=C/C=C2\CCC[C@]3(C)/C(=C(\C)CCCC(C)(C)O)CC[C@@H]23)C[C@H]1O.C=C1[C@H](O)CC(=C/C=C2\CCC[C@]3(C)C([C@@H](C)/C=C/[C@@H](C)C(C)(C)O)CC[C@@H]23)C[C@H]1O.C=C1[C@H](O)CC(=C/C=C2\CCC[C@]3(C)C([C@@H](C)CC)CC[C@@H]23)C[C@H]1O. The van der Waals surface area contributed by atoms with Gasteiger partial charge in [0.05, 0.1) is 65.6 Å². The second-order valence-corrected chi connectivity index (χ2v) is 43.3. The topological polar surface area (TPSA) is 223 Å². The monoisotopic (exact) mass is 1630 g/mol. The van der Waals surface area contributed by atoms with Crippen molar-refractivity contribution in [2.45, 2.75) is 413 Å². The molecule has 13 aliphatic carbocycles. The first-order valence-corrected chi connectivity index (χ1v) is 47.8. The number of fused-ring (bicyclic) bond motifs is 4. The average molecular weight is 1630 g/mol. The van der Waals surface area contributed by atoms with Gasteiger partial charge in [-0.1, -0.05) is 237 Å². The summed E-state index contributed by atoms with van der Waals surface area (Å²) in [5.74, 6) is 7.14. The highest BCUT2D eigenvalue weighted by Gasteiger charge is 2.54. The Morgan fingerprint density at radius 2 is 0.771 bits per heavy atom. The highest BCUT2D eigenvalue weighted by atomic mass is 16.3. The summed E-state index contributed by atoms with van der Waals surface area (Å²) in [7, 11) is 0. The van der Waals surface area contributed by atoms with Gasteiger partial charge >= 0.3 is 0 Å². The molecule has 13 saturated carbocycles. The Morgan fingerprint density at radius 3 is 1.14 bits per heavy atom. The quantitative estimate of drug-likeness (QED) is 0.0546. The first-order chi connectivity index (χ1) is 55.5. The first kappa shape index (κ1) is 96.1. The molecule has 662 valence electrons. The summed E-state index contributed by atoms with van der Waals surface area (Å²) in [6, 6.07) is 0. The summed E-state index contributed by atoms with van der Waals surface area (Å²) in [5.41, 5.74) is 16.1. The van der Waals surface area contributed by atoms with Gasteiger partial charge in [-0.3, -0.25) is 0 Å². The molecule has 0 bridgehead atoms. The van der Waals surface area contributed by atoms with Crippen LogP contribution in [0.3, 0.4) is 0 Å². The van der Waals surface area contributed by atoms with Gasteiger partial charge in [0.2, 0.25) is 0 Å². The number of hydrogen-bond acceptors (Lipinski definition) is 11. The largest absolute Gasteiger partial charge is 0.390 e. The molecule has 13 aliphatic rings. The van der Waals surface area contributed by atoms with Crippen molar-refractivity contribution in [1.29, 1.82) is 0 Å². The van der Waals surface area contributed by atoms with Crippen LogP contribution in [-0.4, -0.2) is 122 Å². The van der Waals surface area contributed by atoms with E-state index in [-0.39, 0.29) is 16.9 Å². The highest BCUT2D eigenvalue weighted by Crippen LogP contribution is 2.64. The van der Waals surface area contributed by atoms with E-state index < -0.39 is 60.0 Å². The number of aliphatic hydroxyl groups excluding tert-OH is 8. The smallest absolute Gasteiger partial charge is 0.0809 e. The fourth-order valence-electron chi connectivity index (χ4n) is 26.2. The lowest BCUT2D eigenvalue weighted by Gasteiger charge is -2.44. The maximum atomic E-state index is 10.7.